The minimum atomic E-state index is -1.12. The second-order valence-corrected chi connectivity index (χ2v) is 11.6. The van der Waals surface area contributed by atoms with E-state index in [0.29, 0.717) is 24.0 Å². The standard InChI is InChI=1S/C31H26ClF3N6O3/c1-17(33)29(42)41-11-10-40(13-19(41)8-9-36)28-21-12-37-26(20-5-3-4-18-6-7-22(34)24(32)23(18)20)25(35)27(21)38-30(39-28)44-16-31(2)14-43-15-31/h3-7,12,19H,1,8,10-11,13-16H2,2H3/t19-/m0/s1. The van der Waals surface area contributed by atoms with Gasteiger partial charge in [0, 0.05) is 42.2 Å². The van der Waals surface area contributed by atoms with Crippen LogP contribution in [0.4, 0.5) is 19.0 Å². The maximum Gasteiger partial charge on any atom is 0.319 e. The number of amides is 1. The first-order chi connectivity index (χ1) is 21.1. The molecule has 4 aromatic rings. The number of hydrogen-bond acceptors (Lipinski definition) is 8. The number of nitrogens with zero attached hydrogens (tertiary/aromatic N) is 6. The molecule has 2 aromatic heterocycles. The molecule has 0 aliphatic carbocycles. The van der Waals surface area contributed by atoms with Gasteiger partial charge >= 0.3 is 6.01 Å². The number of hydrogen-bond donors (Lipinski definition) is 0. The zero-order valence-corrected chi connectivity index (χ0v) is 24.4. The van der Waals surface area contributed by atoms with Gasteiger partial charge in [-0.25, -0.2) is 13.2 Å². The Hall–Kier alpha value is -4.47. The summed E-state index contributed by atoms with van der Waals surface area (Å²) in [6.45, 7) is 6.63. The largest absolute Gasteiger partial charge is 0.463 e. The SMILES string of the molecule is C=C(F)C(=O)N1CCN(c2nc(OCC3(C)COC3)nc3c(F)c(-c4cccc5ccc(F)c(Cl)c45)ncc23)C[C@@H]1CC#N. The molecule has 2 aromatic carbocycles. The number of halogens is 4. The summed E-state index contributed by atoms with van der Waals surface area (Å²) >= 11 is 6.33. The van der Waals surface area contributed by atoms with Crippen molar-refractivity contribution in [1.82, 2.24) is 19.9 Å². The molecular formula is C31H26ClF3N6O3. The van der Waals surface area contributed by atoms with Crippen molar-refractivity contribution in [2.45, 2.75) is 19.4 Å². The number of benzene rings is 2. The Kier molecular flexibility index (Phi) is 7.77. The lowest BCUT2D eigenvalue weighted by molar-refractivity contribution is -0.131. The Bertz CT molecular complexity index is 1860. The highest BCUT2D eigenvalue weighted by atomic mass is 35.5. The van der Waals surface area contributed by atoms with E-state index >= 15 is 4.39 Å². The van der Waals surface area contributed by atoms with Gasteiger partial charge in [-0.05, 0) is 11.5 Å². The molecule has 2 saturated heterocycles. The van der Waals surface area contributed by atoms with Crippen LogP contribution in [-0.2, 0) is 9.53 Å². The number of ether oxygens (including phenoxy) is 2. The number of aromatic nitrogens is 3. The van der Waals surface area contributed by atoms with Gasteiger partial charge in [0.15, 0.2) is 11.6 Å². The Labute approximate surface area is 255 Å². The number of fused-ring (bicyclic) bond motifs is 2. The molecule has 13 heteroatoms. The monoisotopic (exact) mass is 622 g/mol. The van der Waals surface area contributed by atoms with Gasteiger partial charge in [0.1, 0.15) is 29.5 Å². The summed E-state index contributed by atoms with van der Waals surface area (Å²) in [7, 11) is 0. The number of pyridine rings is 1. The third-order valence-corrected chi connectivity index (χ3v) is 8.26. The molecule has 44 heavy (non-hydrogen) atoms. The maximum atomic E-state index is 16.5. The first kappa shape index (κ1) is 29.6. The zero-order valence-electron chi connectivity index (χ0n) is 23.6. The van der Waals surface area contributed by atoms with Crippen LogP contribution < -0.4 is 9.64 Å². The van der Waals surface area contributed by atoms with Gasteiger partial charge in [0.25, 0.3) is 5.91 Å². The maximum absolute atomic E-state index is 16.5. The molecule has 0 unspecified atom stereocenters. The molecule has 0 saturated carbocycles. The summed E-state index contributed by atoms with van der Waals surface area (Å²) in [6, 6.07) is 9.09. The molecule has 4 heterocycles. The van der Waals surface area contributed by atoms with Crippen molar-refractivity contribution in [3.63, 3.8) is 0 Å². The zero-order chi connectivity index (χ0) is 31.2. The number of nitriles is 1. The fraction of sp³-hybridized carbons (Fsp3) is 0.323. The van der Waals surface area contributed by atoms with Crippen LogP contribution in [0.1, 0.15) is 13.3 Å². The van der Waals surface area contributed by atoms with E-state index in [1.165, 1.54) is 17.2 Å². The van der Waals surface area contributed by atoms with E-state index in [9.17, 15) is 18.8 Å². The molecule has 2 fully saturated rings. The van der Waals surface area contributed by atoms with E-state index in [-0.39, 0.29) is 77.1 Å². The van der Waals surface area contributed by atoms with E-state index in [1.807, 2.05) is 13.0 Å². The summed E-state index contributed by atoms with van der Waals surface area (Å²) in [5.74, 6) is -3.18. The van der Waals surface area contributed by atoms with Gasteiger partial charge < -0.3 is 19.3 Å². The quantitative estimate of drug-likeness (QED) is 0.245. The first-order valence-corrected chi connectivity index (χ1v) is 14.2. The summed E-state index contributed by atoms with van der Waals surface area (Å²) < 4.78 is 56.0. The van der Waals surface area contributed by atoms with Crippen LogP contribution in [0.5, 0.6) is 6.01 Å². The number of carbonyl (C=O) groups is 1. The van der Waals surface area contributed by atoms with Crippen molar-refractivity contribution >= 4 is 45.0 Å². The van der Waals surface area contributed by atoms with E-state index in [2.05, 4.69) is 21.5 Å². The highest BCUT2D eigenvalue weighted by molar-refractivity contribution is 6.36. The van der Waals surface area contributed by atoms with Gasteiger partial charge in [-0.15, -0.1) is 0 Å². The number of anilines is 1. The van der Waals surface area contributed by atoms with Crippen LogP contribution in [0.3, 0.4) is 0 Å². The first-order valence-electron chi connectivity index (χ1n) is 13.8. The van der Waals surface area contributed by atoms with Crippen LogP contribution in [0.2, 0.25) is 5.02 Å². The van der Waals surface area contributed by atoms with Gasteiger partial charge in [0.2, 0.25) is 0 Å². The van der Waals surface area contributed by atoms with Crippen molar-refractivity contribution in [3.05, 3.63) is 65.6 Å². The number of carbonyl (C=O) groups excluding carboxylic acids is 1. The van der Waals surface area contributed by atoms with Gasteiger partial charge in [0.05, 0.1) is 42.2 Å². The third kappa shape index (κ3) is 5.27. The lowest BCUT2D eigenvalue weighted by Crippen LogP contribution is -2.55. The average molecular weight is 623 g/mol. The highest BCUT2D eigenvalue weighted by Crippen LogP contribution is 2.39. The van der Waals surface area contributed by atoms with Crippen molar-refractivity contribution in [3.8, 4) is 23.3 Å². The highest BCUT2D eigenvalue weighted by Gasteiger charge is 2.36. The summed E-state index contributed by atoms with van der Waals surface area (Å²) in [6.07, 6.45) is 1.34. The molecule has 0 radical (unpaired) electrons. The molecule has 2 aliphatic heterocycles. The molecule has 2 aliphatic rings. The Balaban J connectivity index is 1.47. The summed E-state index contributed by atoms with van der Waals surface area (Å²) in [5.41, 5.74) is -0.171. The molecule has 226 valence electrons. The molecule has 9 nitrogen and oxygen atoms in total. The van der Waals surface area contributed by atoms with Crippen molar-refractivity contribution in [2.24, 2.45) is 5.41 Å². The van der Waals surface area contributed by atoms with E-state index in [1.54, 1.807) is 29.2 Å². The molecule has 1 amide bonds. The van der Waals surface area contributed by atoms with Crippen LogP contribution >= 0.6 is 11.6 Å². The molecule has 0 N–H and O–H groups in total. The van der Waals surface area contributed by atoms with Crippen molar-refractivity contribution in [2.75, 3.05) is 44.4 Å². The van der Waals surface area contributed by atoms with Crippen molar-refractivity contribution < 1.29 is 27.4 Å². The third-order valence-electron chi connectivity index (χ3n) is 7.89. The predicted molar refractivity (Wildman–Crippen MR) is 158 cm³/mol. The molecule has 1 atom stereocenters. The predicted octanol–water partition coefficient (Wildman–Crippen LogP) is 5.61. The molecule has 0 spiro atoms. The lowest BCUT2D eigenvalue weighted by Gasteiger charge is -2.41. The van der Waals surface area contributed by atoms with Crippen LogP contribution in [0.25, 0.3) is 32.9 Å². The number of rotatable bonds is 7. The minimum absolute atomic E-state index is 0.0687. The Morgan fingerprint density at radius 2 is 2.05 bits per heavy atom. The smallest absolute Gasteiger partial charge is 0.319 e. The number of piperazine rings is 1. The second kappa shape index (κ2) is 11.6. The fourth-order valence-corrected chi connectivity index (χ4v) is 5.82. The summed E-state index contributed by atoms with van der Waals surface area (Å²) in [5, 5.41) is 10.4. The molecule has 0 bridgehead atoms. The van der Waals surface area contributed by atoms with Crippen LogP contribution in [-0.4, -0.2) is 71.3 Å². The van der Waals surface area contributed by atoms with Crippen LogP contribution in [0, 0.1) is 28.4 Å². The van der Waals surface area contributed by atoms with E-state index in [4.69, 9.17) is 21.1 Å². The minimum Gasteiger partial charge on any atom is -0.463 e. The average Bonchev–Trinajstić information content (AvgIpc) is 3.00. The molecular weight excluding hydrogens is 597 g/mol. The van der Waals surface area contributed by atoms with Gasteiger partial charge in [-0.1, -0.05) is 49.4 Å². The molecule has 6 rings (SSSR count). The second-order valence-electron chi connectivity index (χ2n) is 11.2. The topological polar surface area (TPSA) is 104 Å². The van der Waals surface area contributed by atoms with Gasteiger partial charge in [-0.3, -0.25) is 9.78 Å². The van der Waals surface area contributed by atoms with E-state index in [0.717, 1.165) is 0 Å². The normalized spacial score (nSPS) is 17.8. The van der Waals surface area contributed by atoms with Crippen molar-refractivity contribution in [1.29, 1.82) is 5.26 Å². The lowest BCUT2D eigenvalue weighted by atomic mass is 9.90. The fourth-order valence-electron chi connectivity index (χ4n) is 5.55. The van der Waals surface area contributed by atoms with Gasteiger partial charge in [-0.2, -0.15) is 15.2 Å². The Morgan fingerprint density at radius 1 is 1.25 bits per heavy atom. The van der Waals surface area contributed by atoms with Crippen LogP contribution in [0.15, 0.2) is 48.9 Å². The van der Waals surface area contributed by atoms with E-state index < -0.39 is 29.4 Å². The Morgan fingerprint density at radius 3 is 2.75 bits per heavy atom. The summed E-state index contributed by atoms with van der Waals surface area (Å²) in [4.78, 5) is 28.9.